The summed E-state index contributed by atoms with van der Waals surface area (Å²) in [5.74, 6) is -0.337. The number of likely N-dealkylation sites (N-methyl/N-ethyl adjacent to an activating group) is 1. The zero-order valence-electron chi connectivity index (χ0n) is 15.1. The van der Waals surface area contributed by atoms with Crippen LogP contribution < -0.4 is 10.2 Å². The number of halogens is 1. The van der Waals surface area contributed by atoms with Crippen molar-refractivity contribution < 1.29 is 17.9 Å². The Balaban J connectivity index is 2.07. The number of methoxy groups -OCH3 is 1. The summed E-state index contributed by atoms with van der Waals surface area (Å²) >= 11 is 3.37. The first kappa shape index (κ1) is 21.1. The van der Waals surface area contributed by atoms with Crippen molar-refractivity contribution in [3.05, 3.63) is 58.1 Å². The van der Waals surface area contributed by atoms with Gasteiger partial charge in [0.15, 0.2) is 0 Å². The van der Waals surface area contributed by atoms with Crippen molar-refractivity contribution in [3.8, 4) is 5.75 Å². The van der Waals surface area contributed by atoms with Gasteiger partial charge < -0.3 is 4.74 Å². The highest BCUT2D eigenvalue weighted by atomic mass is 79.9. The molecule has 7 nitrogen and oxygen atoms in total. The lowest BCUT2D eigenvalue weighted by atomic mass is 10.2. The van der Waals surface area contributed by atoms with Gasteiger partial charge in [0.25, 0.3) is 5.91 Å². The Kier molecular flexibility index (Phi) is 7.11. The van der Waals surface area contributed by atoms with E-state index in [1.54, 1.807) is 19.1 Å². The van der Waals surface area contributed by atoms with Crippen molar-refractivity contribution >= 4 is 38.1 Å². The van der Waals surface area contributed by atoms with Crippen molar-refractivity contribution in [1.29, 1.82) is 0 Å². The first-order valence-electron chi connectivity index (χ1n) is 7.93. The third-order valence-electron chi connectivity index (χ3n) is 3.67. The Morgan fingerprint density at radius 1 is 1.30 bits per heavy atom. The lowest BCUT2D eigenvalue weighted by molar-refractivity contribution is -0.121. The number of sulfonamides is 1. The summed E-state index contributed by atoms with van der Waals surface area (Å²) < 4.78 is 32.4. The predicted molar refractivity (Wildman–Crippen MR) is 107 cm³/mol. The minimum atomic E-state index is -3.90. The number of carbonyl (C=O) groups excluding carboxylic acids is 1. The Bertz CT molecular complexity index is 961. The summed E-state index contributed by atoms with van der Waals surface area (Å²) in [4.78, 5) is 12.1. The summed E-state index contributed by atoms with van der Waals surface area (Å²) in [6, 6.07) is 12.2. The second-order valence-electron chi connectivity index (χ2n) is 5.73. The number of hydrazone groups is 1. The normalized spacial score (nSPS) is 11.7. The Morgan fingerprint density at radius 2 is 2.00 bits per heavy atom. The van der Waals surface area contributed by atoms with Crippen LogP contribution in [0.4, 0.5) is 0 Å². The highest BCUT2D eigenvalue weighted by molar-refractivity contribution is 9.10. The van der Waals surface area contributed by atoms with Crippen LogP contribution in [-0.4, -0.2) is 45.5 Å². The molecule has 2 aromatic carbocycles. The topological polar surface area (TPSA) is 88.1 Å². The average Bonchev–Trinajstić information content (AvgIpc) is 2.63. The zero-order chi connectivity index (χ0) is 20.0. The van der Waals surface area contributed by atoms with E-state index in [1.807, 2.05) is 24.3 Å². The van der Waals surface area contributed by atoms with Gasteiger partial charge >= 0.3 is 0 Å². The van der Waals surface area contributed by atoms with Gasteiger partial charge in [-0.2, -0.15) is 9.41 Å². The first-order chi connectivity index (χ1) is 12.8. The smallest absolute Gasteiger partial charge is 0.255 e. The maximum Gasteiger partial charge on any atom is 0.255 e. The van der Waals surface area contributed by atoms with Gasteiger partial charge in [-0.05, 0) is 30.7 Å². The summed E-state index contributed by atoms with van der Waals surface area (Å²) in [6.45, 7) is 1.40. The van der Waals surface area contributed by atoms with Crippen molar-refractivity contribution in [3.63, 3.8) is 0 Å². The van der Waals surface area contributed by atoms with Gasteiger partial charge in [-0.25, -0.2) is 13.8 Å². The first-order valence-corrected chi connectivity index (χ1v) is 10.2. The van der Waals surface area contributed by atoms with Crippen molar-refractivity contribution in [1.82, 2.24) is 9.73 Å². The van der Waals surface area contributed by atoms with E-state index in [-0.39, 0.29) is 17.2 Å². The quantitative estimate of drug-likeness (QED) is 0.515. The highest BCUT2D eigenvalue weighted by Gasteiger charge is 2.26. The molecule has 0 atom stereocenters. The van der Waals surface area contributed by atoms with Gasteiger partial charge in [-0.1, -0.05) is 40.2 Å². The predicted octanol–water partition coefficient (Wildman–Crippen LogP) is 2.54. The molecule has 0 aromatic heterocycles. The Hall–Kier alpha value is -2.23. The standard InChI is InChI=1S/C18H20BrN3O4S/c1-13-8-9-16(26-3)17(10-13)27(24,25)22(2)12-18(23)21-20-11-14-6-4-5-7-15(14)19/h4-11H,12H2,1-3H3,(H,21,23). The Morgan fingerprint density at radius 3 is 2.67 bits per heavy atom. The SMILES string of the molecule is COc1ccc(C)cc1S(=O)(=O)N(C)CC(=O)NN=Cc1ccccc1Br. The maximum atomic E-state index is 12.8. The number of ether oxygens (including phenoxy) is 1. The van der Waals surface area contributed by atoms with E-state index in [0.717, 1.165) is 19.9 Å². The molecule has 9 heteroatoms. The second-order valence-corrected chi connectivity index (χ2v) is 8.60. The molecule has 0 radical (unpaired) electrons. The molecule has 1 N–H and O–H groups in total. The molecule has 0 fully saturated rings. The molecule has 27 heavy (non-hydrogen) atoms. The van der Waals surface area contributed by atoms with Gasteiger partial charge in [0, 0.05) is 17.1 Å². The molecule has 0 bridgehead atoms. The van der Waals surface area contributed by atoms with E-state index < -0.39 is 15.9 Å². The molecule has 0 unspecified atom stereocenters. The van der Waals surface area contributed by atoms with Crippen LogP contribution in [0.3, 0.4) is 0 Å². The van der Waals surface area contributed by atoms with Crippen LogP contribution in [0.2, 0.25) is 0 Å². The fourth-order valence-corrected chi connectivity index (χ4v) is 3.98. The lowest BCUT2D eigenvalue weighted by Crippen LogP contribution is -2.36. The maximum absolute atomic E-state index is 12.8. The van der Waals surface area contributed by atoms with E-state index in [9.17, 15) is 13.2 Å². The molecule has 1 amide bonds. The molecule has 0 aliphatic heterocycles. The number of amides is 1. The molecule has 0 aliphatic carbocycles. The van der Waals surface area contributed by atoms with E-state index >= 15 is 0 Å². The monoisotopic (exact) mass is 453 g/mol. The summed E-state index contributed by atoms with van der Waals surface area (Å²) in [6.07, 6.45) is 1.47. The number of nitrogens with zero attached hydrogens (tertiary/aromatic N) is 2. The molecule has 2 aromatic rings. The van der Waals surface area contributed by atoms with E-state index in [2.05, 4.69) is 26.5 Å². The van der Waals surface area contributed by atoms with Crippen LogP contribution in [0.1, 0.15) is 11.1 Å². The summed E-state index contributed by atoms with van der Waals surface area (Å²) in [7, 11) is -1.17. The number of rotatable bonds is 7. The number of benzene rings is 2. The van der Waals surface area contributed by atoms with Crippen LogP contribution in [0.25, 0.3) is 0 Å². The molecule has 2 rings (SSSR count). The second kappa shape index (κ2) is 9.12. The Labute approximate surface area is 167 Å². The lowest BCUT2D eigenvalue weighted by Gasteiger charge is -2.18. The minimum absolute atomic E-state index is 0.0111. The van der Waals surface area contributed by atoms with Crippen molar-refractivity contribution in [2.45, 2.75) is 11.8 Å². The summed E-state index contributed by atoms with van der Waals surface area (Å²) in [5.41, 5.74) is 3.87. The number of aryl methyl sites for hydroxylation is 1. The molecular formula is C18H20BrN3O4S. The van der Waals surface area contributed by atoms with Crippen LogP contribution >= 0.6 is 15.9 Å². The van der Waals surface area contributed by atoms with E-state index in [1.165, 1.54) is 26.4 Å². The number of carbonyl (C=O) groups is 1. The molecule has 0 aliphatic rings. The molecule has 0 saturated heterocycles. The molecule has 0 heterocycles. The van der Waals surface area contributed by atoms with Gasteiger partial charge in [-0.15, -0.1) is 0 Å². The highest BCUT2D eigenvalue weighted by Crippen LogP contribution is 2.27. The van der Waals surface area contributed by atoms with Crippen LogP contribution in [0.5, 0.6) is 5.75 Å². The van der Waals surface area contributed by atoms with Crippen molar-refractivity contribution in [2.75, 3.05) is 20.7 Å². The van der Waals surface area contributed by atoms with Crippen LogP contribution in [-0.2, 0) is 14.8 Å². The molecule has 0 saturated carbocycles. The molecule has 144 valence electrons. The third-order valence-corrected chi connectivity index (χ3v) is 6.22. The number of hydrogen-bond donors (Lipinski definition) is 1. The third kappa shape index (κ3) is 5.38. The van der Waals surface area contributed by atoms with Crippen LogP contribution in [0, 0.1) is 6.92 Å². The van der Waals surface area contributed by atoms with Gasteiger partial charge in [0.05, 0.1) is 19.9 Å². The van der Waals surface area contributed by atoms with Crippen LogP contribution in [0.15, 0.2) is 56.9 Å². The zero-order valence-corrected chi connectivity index (χ0v) is 17.5. The van der Waals surface area contributed by atoms with Gasteiger partial charge in [0.1, 0.15) is 10.6 Å². The fraction of sp³-hybridized carbons (Fsp3) is 0.222. The average molecular weight is 454 g/mol. The van der Waals surface area contributed by atoms with Gasteiger partial charge in [-0.3, -0.25) is 4.79 Å². The minimum Gasteiger partial charge on any atom is -0.495 e. The number of hydrogen-bond acceptors (Lipinski definition) is 5. The van der Waals surface area contributed by atoms with Gasteiger partial charge in [0.2, 0.25) is 10.0 Å². The van der Waals surface area contributed by atoms with Crippen molar-refractivity contribution in [2.24, 2.45) is 5.10 Å². The van der Waals surface area contributed by atoms with E-state index in [4.69, 9.17) is 4.74 Å². The van der Waals surface area contributed by atoms with E-state index in [0.29, 0.717) is 0 Å². The largest absolute Gasteiger partial charge is 0.495 e. The summed E-state index contributed by atoms with van der Waals surface area (Å²) in [5, 5.41) is 3.86. The number of nitrogens with one attached hydrogen (secondary N) is 1. The molecular weight excluding hydrogens is 434 g/mol. The molecule has 0 spiro atoms. The fourth-order valence-electron chi connectivity index (χ4n) is 2.23.